The monoisotopic (exact) mass is 217 g/mol. The molecule has 0 aliphatic carbocycles. The second kappa shape index (κ2) is 3.38. The maximum Gasteiger partial charge on any atom is 0.389 e. The Labute approximate surface area is 81.6 Å². The summed E-state index contributed by atoms with van der Waals surface area (Å²) in [6.45, 7) is -2.89. The first kappa shape index (κ1) is 9.14. The third-order valence-electron chi connectivity index (χ3n) is 1.56. The summed E-state index contributed by atoms with van der Waals surface area (Å²) >= 11 is 0.889. The normalized spacial score (nSPS) is 11.1. The summed E-state index contributed by atoms with van der Waals surface area (Å²) < 4.78 is 28.2. The predicted molar refractivity (Wildman–Crippen MR) is 47.9 cm³/mol. The molecule has 1 N–H and O–H groups in total. The highest BCUT2D eigenvalue weighted by Crippen LogP contribution is 2.34. The van der Waals surface area contributed by atoms with Crippen LogP contribution >= 0.6 is 11.3 Å². The van der Waals surface area contributed by atoms with E-state index in [1.807, 2.05) is 0 Å². The smallest absolute Gasteiger partial charge is 0.389 e. The molecule has 0 saturated carbocycles. The van der Waals surface area contributed by atoms with E-state index in [-0.39, 0.29) is 10.9 Å². The minimum Gasteiger partial charge on any atom is -0.506 e. The topological polar surface area (TPSA) is 42.4 Å². The Bertz CT molecular complexity index is 458. The van der Waals surface area contributed by atoms with Crippen molar-refractivity contribution in [3.8, 4) is 10.9 Å². The van der Waals surface area contributed by atoms with Crippen LogP contribution in [0.15, 0.2) is 18.2 Å². The van der Waals surface area contributed by atoms with Gasteiger partial charge in [0, 0.05) is 0 Å². The number of halogens is 2. The molecular weight excluding hydrogens is 212 g/mol. The molecular formula is C8H5F2NO2S. The summed E-state index contributed by atoms with van der Waals surface area (Å²) in [5.74, 6) is 0.0177. The zero-order valence-electron chi connectivity index (χ0n) is 6.78. The molecule has 0 amide bonds. The lowest BCUT2D eigenvalue weighted by atomic mass is 10.3. The lowest BCUT2D eigenvalue weighted by Gasteiger charge is -1.95. The zero-order valence-corrected chi connectivity index (χ0v) is 7.59. The van der Waals surface area contributed by atoms with Gasteiger partial charge in [-0.3, -0.25) is 0 Å². The van der Waals surface area contributed by atoms with Crippen molar-refractivity contribution >= 4 is 21.6 Å². The molecule has 0 spiro atoms. The number of aromatic hydroxyl groups is 1. The summed E-state index contributed by atoms with van der Waals surface area (Å²) in [5.41, 5.74) is 0.450. The number of phenols is 1. The number of thiazole rings is 1. The van der Waals surface area contributed by atoms with E-state index in [0.29, 0.717) is 10.2 Å². The van der Waals surface area contributed by atoms with Gasteiger partial charge in [0.15, 0.2) is 0 Å². The molecule has 0 radical (unpaired) electrons. The van der Waals surface area contributed by atoms with Crippen molar-refractivity contribution in [3.63, 3.8) is 0 Å². The molecule has 6 heteroatoms. The Morgan fingerprint density at radius 2 is 2.21 bits per heavy atom. The third-order valence-corrected chi connectivity index (χ3v) is 2.55. The molecule has 1 heterocycles. The standard InChI is InChI=1S/C8H5F2NO2S/c9-7(10)13-8-11-4-2-1-3-5(12)6(4)14-8/h1-3,7,12H. The van der Waals surface area contributed by atoms with Gasteiger partial charge in [-0.1, -0.05) is 17.4 Å². The fourth-order valence-corrected chi connectivity index (χ4v) is 1.87. The lowest BCUT2D eigenvalue weighted by molar-refractivity contribution is -0.0497. The van der Waals surface area contributed by atoms with Crippen molar-refractivity contribution in [2.45, 2.75) is 6.61 Å². The predicted octanol–water partition coefficient (Wildman–Crippen LogP) is 2.60. The van der Waals surface area contributed by atoms with Crippen molar-refractivity contribution < 1.29 is 18.6 Å². The molecule has 14 heavy (non-hydrogen) atoms. The largest absolute Gasteiger partial charge is 0.506 e. The van der Waals surface area contributed by atoms with Crippen molar-refractivity contribution in [1.29, 1.82) is 0 Å². The van der Waals surface area contributed by atoms with Gasteiger partial charge >= 0.3 is 6.61 Å². The molecule has 1 aromatic heterocycles. The Kier molecular flexibility index (Phi) is 2.20. The number of alkyl halides is 2. The molecule has 0 bridgehead atoms. The molecule has 2 rings (SSSR count). The van der Waals surface area contributed by atoms with E-state index in [1.165, 1.54) is 6.07 Å². The number of nitrogens with zero attached hydrogens (tertiary/aromatic N) is 1. The van der Waals surface area contributed by atoms with Gasteiger partial charge in [0.25, 0.3) is 5.19 Å². The summed E-state index contributed by atoms with van der Waals surface area (Å²) in [5, 5.41) is 9.20. The van der Waals surface area contributed by atoms with Gasteiger partial charge in [-0.25, -0.2) is 4.98 Å². The fraction of sp³-hybridized carbons (Fsp3) is 0.125. The van der Waals surface area contributed by atoms with Gasteiger partial charge in [-0.05, 0) is 12.1 Å². The van der Waals surface area contributed by atoms with E-state index in [9.17, 15) is 13.9 Å². The van der Waals surface area contributed by atoms with Gasteiger partial charge < -0.3 is 9.84 Å². The maximum absolute atomic E-state index is 11.8. The summed E-state index contributed by atoms with van der Waals surface area (Å²) in [7, 11) is 0. The van der Waals surface area contributed by atoms with Crippen LogP contribution in [-0.4, -0.2) is 16.7 Å². The number of hydrogen-bond donors (Lipinski definition) is 1. The van der Waals surface area contributed by atoms with Crippen LogP contribution in [0.2, 0.25) is 0 Å². The highest BCUT2D eigenvalue weighted by molar-refractivity contribution is 7.20. The molecule has 0 atom stereocenters. The van der Waals surface area contributed by atoms with Crippen LogP contribution in [0.25, 0.3) is 10.2 Å². The molecule has 3 nitrogen and oxygen atoms in total. The number of aromatic nitrogens is 1. The second-order valence-corrected chi connectivity index (χ2v) is 3.45. The number of benzene rings is 1. The molecule has 74 valence electrons. The molecule has 0 aliphatic rings. The van der Waals surface area contributed by atoms with E-state index < -0.39 is 6.61 Å². The Hall–Kier alpha value is -1.43. The number of fused-ring (bicyclic) bond motifs is 1. The van der Waals surface area contributed by atoms with Crippen molar-refractivity contribution in [2.75, 3.05) is 0 Å². The van der Waals surface area contributed by atoms with Gasteiger partial charge in [0.1, 0.15) is 5.75 Å². The van der Waals surface area contributed by atoms with Crippen LogP contribution in [0.3, 0.4) is 0 Å². The molecule has 1 aromatic carbocycles. The van der Waals surface area contributed by atoms with E-state index in [2.05, 4.69) is 9.72 Å². The minimum atomic E-state index is -2.89. The van der Waals surface area contributed by atoms with Crippen LogP contribution in [0, 0.1) is 0 Å². The minimum absolute atomic E-state index is 0.0177. The van der Waals surface area contributed by atoms with E-state index in [1.54, 1.807) is 12.1 Å². The van der Waals surface area contributed by atoms with E-state index in [0.717, 1.165) is 11.3 Å². The molecule has 0 unspecified atom stereocenters. The fourth-order valence-electron chi connectivity index (χ4n) is 1.04. The van der Waals surface area contributed by atoms with Crippen LogP contribution < -0.4 is 4.74 Å². The van der Waals surface area contributed by atoms with E-state index in [4.69, 9.17) is 0 Å². The SMILES string of the molecule is Oc1cccc2nc(OC(F)F)sc12. The Balaban J connectivity index is 2.46. The van der Waals surface area contributed by atoms with E-state index >= 15 is 0 Å². The quantitative estimate of drug-likeness (QED) is 0.840. The third kappa shape index (κ3) is 1.60. The van der Waals surface area contributed by atoms with Crippen LogP contribution in [0.1, 0.15) is 0 Å². The summed E-state index contributed by atoms with van der Waals surface area (Å²) in [4.78, 5) is 3.77. The zero-order chi connectivity index (χ0) is 10.1. The Morgan fingerprint density at radius 3 is 2.86 bits per heavy atom. The summed E-state index contributed by atoms with van der Waals surface area (Å²) in [6.07, 6.45) is 0. The van der Waals surface area contributed by atoms with Gasteiger partial charge in [-0.15, -0.1) is 0 Å². The number of hydrogen-bond acceptors (Lipinski definition) is 4. The average Bonchev–Trinajstić information content (AvgIpc) is 2.47. The van der Waals surface area contributed by atoms with Crippen molar-refractivity contribution in [3.05, 3.63) is 18.2 Å². The summed E-state index contributed by atoms with van der Waals surface area (Å²) in [6, 6.07) is 4.67. The molecule has 2 aromatic rings. The highest BCUT2D eigenvalue weighted by atomic mass is 32.1. The first-order valence-electron chi connectivity index (χ1n) is 3.70. The van der Waals surface area contributed by atoms with Crippen molar-refractivity contribution in [1.82, 2.24) is 4.98 Å². The second-order valence-electron chi connectivity index (χ2n) is 2.48. The van der Waals surface area contributed by atoms with Crippen LogP contribution in [0.5, 0.6) is 10.9 Å². The van der Waals surface area contributed by atoms with Gasteiger partial charge in [0.2, 0.25) is 0 Å². The number of phenolic OH excluding ortho intramolecular Hbond substituents is 1. The number of ether oxygens (including phenoxy) is 1. The molecule has 0 aliphatic heterocycles. The molecule has 0 saturated heterocycles. The van der Waals surface area contributed by atoms with Crippen molar-refractivity contribution in [2.24, 2.45) is 0 Å². The highest BCUT2D eigenvalue weighted by Gasteiger charge is 2.11. The van der Waals surface area contributed by atoms with Crippen LogP contribution in [-0.2, 0) is 0 Å². The first-order valence-corrected chi connectivity index (χ1v) is 4.52. The van der Waals surface area contributed by atoms with Crippen LogP contribution in [0.4, 0.5) is 8.78 Å². The number of rotatable bonds is 2. The maximum atomic E-state index is 11.8. The van der Waals surface area contributed by atoms with Gasteiger partial charge in [-0.2, -0.15) is 8.78 Å². The van der Waals surface area contributed by atoms with Gasteiger partial charge in [0.05, 0.1) is 10.2 Å². The Morgan fingerprint density at radius 1 is 1.43 bits per heavy atom. The first-order chi connectivity index (χ1) is 6.66. The lowest BCUT2D eigenvalue weighted by Crippen LogP contribution is -2.00. The molecule has 0 fully saturated rings. The average molecular weight is 217 g/mol.